The van der Waals surface area contributed by atoms with Crippen molar-refractivity contribution in [1.29, 1.82) is 0 Å². The third-order valence-corrected chi connectivity index (χ3v) is 4.12. The van der Waals surface area contributed by atoms with Crippen molar-refractivity contribution >= 4 is 23.2 Å². The van der Waals surface area contributed by atoms with Crippen molar-refractivity contribution in [2.75, 3.05) is 19.8 Å². The molecule has 0 bridgehead atoms. The normalized spacial score (nSPS) is 16.6. The highest BCUT2D eigenvalue weighted by molar-refractivity contribution is 7.80. The molecule has 2 rings (SSSR count). The Morgan fingerprint density at radius 2 is 2.12 bits per heavy atom. The Kier molecular flexibility index (Phi) is 7.98. The van der Waals surface area contributed by atoms with Crippen LogP contribution in [0.15, 0.2) is 24.3 Å². The molecule has 2 N–H and O–H groups in total. The number of unbranched alkanes of at least 4 members (excludes halogenated alkanes) is 2. The number of hydrogen-bond donors (Lipinski definition) is 2. The lowest BCUT2D eigenvalue weighted by molar-refractivity contribution is 0.0973. The van der Waals surface area contributed by atoms with Crippen molar-refractivity contribution in [3.8, 4) is 5.75 Å². The second-order valence-corrected chi connectivity index (χ2v) is 6.29. The van der Waals surface area contributed by atoms with Gasteiger partial charge in [0.15, 0.2) is 5.11 Å². The Labute approximate surface area is 149 Å². The van der Waals surface area contributed by atoms with Crippen molar-refractivity contribution in [3.63, 3.8) is 0 Å². The minimum atomic E-state index is -0.225. The first kappa shape index (κ1) is 18.7. The Morgan fingerprint density at radius 3 is 2.79 bits per heavy atom. The first-order valence-corrected chi connectivity index (χ1v) is 9.03. The van der Waals surface area contributed by atoms with Gasteiger partial charge in [0.1, 0.15) is 5.75 Å². The van der Waals surface area contributed by atoms with Crippen LogP contribution in [0.5, 0.6) is 5.75 Å². The van der Waals surface area contributed by atoms with Crippen LogP contribution in [0.3, 0.4) is 0 Å². The maximum atomic E-state index is 12.2. The third-order valence-electron chi connectivity index (χ3n) is 3.87. The van der Waals surface area contributed by atoms with E-state index in [0.29, 0.717) is 23.8 Å². The average molecular weight is 350 g/mol. The molecule has 1 fully saturated rings. The lowest BCUT2D eigenvalue weighted by Crippen LogP contribution is -2.42. The molecule has 1 aliphatic heterocycles. The largest absolute Gasteiger partial charge is 0.494 e. The molecule has 5 nitrogen and oxygen atoms in total. The number of carbonyl (C=O) groups excluding carboxylic acids is 1. The molecule has 0 radical (unpaired) electrons. The second-order valence-electron chi connectivity index (χ2n) is 5.88. The van der Waals surface area contributed by atoms with Crippen molar-refractivity contribution < 1.29 is 14.3 Å². The Morgan fingerprint density at radius 1 is 1.33 bits per heavy atom. The highest BCUT2D eigenvalue weighted by atomic mass is 32.1. The van der Waals surface area contributed by atoms with Gasteiger partial charge in [-0.15, -0.1) is 0 Å². The summed E-state index contributed by atoms with van der Waals surface area (Å²) in [6.45, 7) is 4.30. The fraction of sp³-hybridized carbons (Fsp3) is 0.556. The summed E-state index contributed by atoms with van der Waals surface area (Å²) >= 11 is 5.15. The number of nitrogens with one attached hydrogen (secondary N) is 2. The number of ether oxygens (including phenoxy) is 2. The van der Waals surface area contributed by atoms with E-state index in [1.54, 1.807) is 12.1 Å². The molecule has 1 aromatic rings. The molecule has 0 aromatic heterocycles. The Hall–Kier alpha value is -1.66. The van der Waals surface area contributed by atoms with Crippen LogP contribution in [-0.2, 0) is 4.74 Å². The zero-order valence-electron chi connectivity index (χ0n) is 14.2. The molecular formula is C18H26N2O3S. The number of thiocarbonyl (C=S) groups is 1. The topological polar surface area (TPSA) is 59.6 Å². The van der Waals surface area contributed by atoms with Crippen LogP contribution in [0.4, 0.5) is 0 Å². The van der Waals surface area contributed by atoms with Gasteiger partial charge in [-0.1, -0.05) is 19.8 Å². The molecule has 0 saturated carbocycles. The van der Waals surface area contributed by atoms with E-state index < -0.39 is 0 Å². The van der Waals surface area contributed by atoms with Gasteiger partial charge in [0.2, 0.25) is 0 Å². The lowest BCUT2D eigenvalue weighted by Gasteiger charge is -2.13. The van der Waals surface area contributed by atoms with Crippen LogP contribution in [0.25, 0.3) is 0 Å². The zero-order valence-corrected chi connectivity index (χ0v) is 15.0. The van der Waals surface area contributed by atoms with E-state index in [1.165, 1.54) is 6.42 Å². The van der Waals surface area contributed by atoms with Crippen molar-refractivity contribution in [2.24, 2.45) is 0 Å². The van der Waals surface area contributed by atoms with E-state index in [9.17, 15) is 4.79 Å². The van der Waals surface area contributed by atoms with Crippen LogP contribution in [0, 0.1) is 0 Å². The summed E-state index contributed by atoms with van der Waals surface area (Å²) < 4.78 is 11.1. The van der Waals surface area contributed by atoms with Gasteiger partial charge in [-0.05, 0) is 55.7 Å². The predicted molar refractivity (Wildman–Crippen MR) is 98.5 cm³/mol. The third kappa shape index (κ3) is 6.45. The summed E-state index contributed by atoms with van der Waals surface area (Å²) in [5.74, 6) is 0.555. The molecule has 0 aliphatic carbocycles. The summed E-state index contributed by atoms with van der Waals surface area (Å²) in [6, 6.07) is 7.10. The number of benzene rings is 1. The van der Waals surface area contributed by atoms with Gasteiger partial charge in [0.25, 0.3) is 5.91 Å². The molecule has 0 unspecified atom stereocenters. The number of hydrogen-bond acceptors (Lipinski definition) is 4. The summed E-state index contributed by atoms with van der Waals surface area (Å²) in [6.07, 6.45) is 5.68. The van der Waals surface area contributed by atoms with E-state index in [2.05, 4.69) is 17.6 Å². The molecule has 24 heavy (non-hydrogen) atoms. The zero-order chi connectivity index (χ0) is 17.2. The quantitative estimate of drug-likeness (QED) is 0.557. The SMILES string of the molecule is CCCCCOc1ccc(C(=O)NC(=S)NC[C@@H]2CCCO2)cc1. The Balaban J connectivity index is 1.71. The predicted octanol–water partition coefficient (Wildman–Crippen LogP) is 3.04. The molecular weight excluding hydrogens is 324 g/mol. The van der Waals surface area contributed by atoms with E-state index in [-0.39, 0.29) is 12.0 Å². The van der Waals surface area contributed by atoms with Gasteiger partial charge < -0.3 is 14.8 Å². The Bertz CT molecular complexity index is 528. The summed E-state index contributed by atoms with van der Waals surface area (Å²) in [7, 11) is 0. The first-order chi connectivity index (χ1) is 11.7. The lowest BCUT2D eigenvalue weighted by atomic mass is 10.2. The van der Waals surface area contributed by atoms with E-state index in [0.717, 1.165) is 38.0 Å². The minimum absolute atomic E-state index is 0.184. The molecule has 132 valence electrons. The fourth-order valence-corrected chi connectivity index (χ4v) is 2.65. The highest BCUT2D eigenvalue weighted by Crippen LogP contribution is 2.13. The molecule has 1 atom stereocenters. The maximum absolute atomic E-state index is 12.2. The summed E-state index contributed by atoms with van der Waals surface area (Å²) in [5, 5.41) is 6.04. The van der Waals surface area contributed by atoms with E-state index in [1.807, 2.05) is 12.1 Å². The van der Waals surface area contributed by atoms with Crippen molar-refractivity contribution in [3.05, 3.63) is 29.8 Å². The molecule has 1 aliphatic rings. The monoisotopic (exact) mass is 350 g/mol. The van der Waals surface area contributed by atoms with E-state index >= 15 is 0 Å². The van der Waals surface area contributed by atoms with Gasteiger partial charge in [-0.3, -0.25) is 10.1 Å². The molecule has 0 spiro atoms. The van der Waals surface area contributed by atoms with Gasteiger partial charge in [0, 0.05) is 18.7 Å². The minimum Gasteiger partial charge on any atom is -0.494 e. The van der Waals surface area contributed by atoms with Gasteiger partial charge in [-0.25, -0.2) is 0 Å². The molecule has 1 amide bonds. The molecule has 1 aromatic carbocycles. The highest BCUT2D eigenvalue weighted by Gasteiger charge is 2.16. The standard InChI is InChI=1S/C18H26N2O3S/c1-2-3-4-11-22-15-9-7-14(8-10-15)17(21)20-18(24)19-13-16-6-5-12-23-16/h7-10,16H,2-6,11-13H2,1H3,(H2,19,20,21,24)/t16-/m0/s1. The van der Waals surface area contributed by atoms with Crippen LogP contribution in [0.1, 0.15) is 49.4 Å². The van der Waals surface area contributed by atoms with Gasteiger partial charge in [-0.2, -0.15) is 0 Å². The second kappa shape index (κ2) is 10.3. The number of carbonyl (C=O) groups is 1. The molecule has 6 heteroatoms. The first-order valence-electron chi connectivity index (χ1n) is 8.62. The van der Waals surface area contributed by atoms with Crippen LogP contribution >= 0.6 is 12.2 Å². The van der Waals surface area contributed by atoms with Crippen LogP contribution in [0.2, 0.25) is 0 Å². The maximum Gasteiger partial charge on any atom is 0.257 e. The average Bonchev–Trinajstić information content (AvgIpc) is 3.11. The fourth-order valence-electron chi connectivity index (χ4n) is 2.48. The number of amides is 1. The van der Waals surface area contributed by atoms with Crippen LogP contribution < -0.4 is 15.4 Å². The molecule has 1 heterocycles. The number of rotatable bonds is 8. The summed E-state index contributed by atoms with van der Waals surface area (Å²) in [4.78, 5) is 12.2. The van der Waals surface area contributed by atoms with Gasteiger partial charge in [0.05, 0.1) is 12.7 Å². The van der Waals surface area contributed by atoms with E-state index in [4.69, 9.17) is 21.7 Å². The summed E-state index contributed by atoms with van der Waals surface area (Å²) in [5.41, 5.74) is 0.553. The smallest absolute Gasteiger partial charge is 0.257 e. The molecule has 1 saturated heterocycles. The van der Waals surface area contributed by atoms with Crippen LogP contribution in [-0.4, -0.2) is 36.9 Å². The van der Waals surface area contributed by atoms with Gasteiger partial charge >= 0.3 is 0 Å². The van der Waals surface area contributed by atoms with Crippen molar-refractivity contribution in [2.45, 2.75) is 45.1 Å². The van der Waals surface area contributed by atoms with Crippen molar-refractivity contribution in [1.82, 2.24) is 10.6 Å².